The first-order chi connectivity index (χ1) is 9.04. The highest BCUT2D eigenvalue weighted by Gasteiger charge is 2.20. The second-order valence-electron chi connectivity index (χ2n) is 5.61. The Morgan fingerprint density at radius 3 is 2.85 bits per heavy atom. The van der Waals surface area contributed by atoms with E-state index in [1.165, 1.54) is 5.56 Å². The molecule has 20 heavy (non-hydrogen) atoms. The number of nitrogens with one attached hydrogen (secondary N) is 1. The van der Waals surface area contributed by atoms with Crippen LogP contribution in [0.15, 0.2) is 24.3 Å². The SMILES string of the molecule is CC(C)c1cccc(NC(=O)CN2CC[C@@H](N)C2)c1.Cl. The maximum atomic E-state index is 12.0. The molecule has 0 saturated carbocycles. The predicted octanol–water partition coefficient (Wildman–Crippen LogP) is 2.20. The van der Waals surface area contributed by atoms with Crippen LogP contribution in [0.2, 0.25) is 0 Å². The van der Waals surface area contributed by atoms with Crippen molar-refractivity contribution in [1.82, 2.24) is 4.90 Å². The zero-order valence-electron chi connectivity index (χ0n) is 12.1. The van der Waals surface area contributed by atoms with Gasteiger partial charge in [0.25, 0.3) is 0 Å². The number of likely N-dealkylation sites (tertiary alicyclic amines) is 1. The van der Waals surface area contributed by atoms with E-state index < -0.39 is 0 Å². The number of nitrogens with two attached hydrogens (primary N) is 1. The molecule has 1 aromatic rings. The largest absolute Gasteiger partial charge is 0.326 e. The van der Waals surface area contributed by atoms with Crippen molar-refractivity contribution < 1.29 is 4.79 Å². The molecule has 1 aliphatic heterocycles. The van der Waals surface area contributed by atoms with Gasteiger partial charge in [-0.05, 0) is 30.0 Å². The number of carbonyl (C=O) groups excluding carboxylic acids is 1. The van der Waals surface area contributed by atoms with Crippen LogP contribution in [0.5, 0.6) is 0 Å². The Balaban J connectivity index is 0.00000200. The van der Waals surface area contributed by atoms with Gasteiger partial charge in [-0.15, -0.1) is 12.4 Å². The second kappa shape index (κ2) is 7.62. The molecule has 1 amide bonds. The third-order valence-corrected chi connectivity index (χ3v) is 3.51. The lowest BCUT2D eigenvalue weighted by Gasteiger charge is -2.15. The molecule has 1 saturated heterocycles. The highest BCUT2D eigenvalue weighted by molar-refractivity contribution is 5.92. The fourth-order valence-electron chi connectivity index (χ4n) is 2.39. The quantitative estimate of drug-likeness (QED) is 0.896. The van der Waals surface area contributed by atoms with Crippen LogP contribution in [0.3, 0.4) is 0 Å². The summed E-state index contributed by atoms with van der Waals surface area (Å²) in [5, 5.41) is 2.96. The summed E-state index contributed by atoms with van der Waals surface area (Å²) in [5.74, 6) is 0.503. The Labute approximate surface area is 127 Å². The molecule has 0 unspecified atom stereocenters. The summed E-state index contributed by atoms with van der Waals surface area (Å²) in [5.41, 5.74) is 7.94. The molecule has 112 valence electrons. The molecule has 1 aliphatic rings. The van der Waals surface area contributed by atoms with E-state index >= 15 is 0 Å². The minimum atomic E-state index is 0. The average molecular weight is 298 g/mol. The van der Waals surface area contributed by atoms with Crippen molar-refractivity contribution in [2.24, 2.45) is 5.73 Å². The van der Waals surface area contributed by atoms with Crippen LogP contribution < -0.4 is 11.1 Å². The van der Waals surface area contributed by atoms with Crippen LogP contribution in [0, 0.1) is 0 Å². The van der Waals surface area contributed by atoms with E-state index in [1.807, 2.05) is 18.2 Å². The third kappa shape index (κ3) is 4.78. The van der Waals surface area contributed by atoms with Gasteiger partial charge in [0.2, 0.25) is 5.91 Å². The summed E-state index contributed by atoms with van der Waals surface area (Å²) < 4.78 is 0. The molecule has 1 fully saturated rings. The van der Waals surface area contributed by atoms with Gasteiger partial charge in [-0.3, -0.25) is 9.69 Å². The number of hydrogen-bond donors (Lipinski definition) is 2. The highest BCUT2D eigenvalue weighted by Crippen LogP contribution is 2.18. The first-order valence-electron chi connectivity index (χ1n) is 6.92. The summed E-state index contributed by atoms with van der Waals surface area (Å²) in [6.07, 6.45) is 0.982. The molecule has 2 rings (SSSR count). The molecule has 5 heteroatoms. The highest BCUT2D eigenvalue weighted by atomic mass is 35.5. The number of rotatable bonds is 4. The number of carbonyl (C=O) groups is 1. The molecule has 0 bridgehead atoms. The Morgan fingerprint density at radius 1 is 1.50 bits per heavy atom. The predicted molar refractivity (Wildman–Crippen MR) is 85.4 cm³/mol. The van der Waals surface area contributed by atoms with Crippen molar-refractivity contribution >= 4 is 24.0 Å². The fourth-order valence-corrected chi connectivity index (χ4v) is 2.39. The van der Waals surface area contributed by atoms with Gasteiger partial charge in [-0.25, -0.2) is 0 Å². The van der Waals surface area contributed by atoms with Crippen LogP contribution in [-0.4, -0.2) is 36.5 Å². The summed E-state index contributed by atoms with van der Waals surface area (Å²) in [6.45, 7) is 6.46. The van der Waals surface area contributed by atoms with Gasteiger partial charge in [0.05, 0.1) is 6.54 Å². The van der Waals surface area contributed by atoms with Crippen molar-refractivity contribution in [2.75, 3.05) is 25.0 Å². The Kier molecular flexibility index (Phi) is 6.46. The summed E-state index contributed by atoms with van der Waals surface area (Å²) in [4.78, 5) is 14.1. The number of hydrogen-bond acceptors (Lipinski definition) is 3. The molecule has 0 aromatic heterocycles. The standard InChI is InChI=1S/C15H23N3O.ClH/c1-11(2)12-4-3-5-14(8-12)17-15(19)10-18-7-6-13(16)9-18;/h3-5,8,11,13H,6-7,9-10,16H2,1-2H3,(H,17,19);1H/t13-;/m1./s1. The molecule has 3 N–H and O–H groups in total. The van der Waals surface area contributed by atoms with Gasteiger partial charge in [-0.1, -0.05) is 26.0 Å². The van der Waals surface area contributed by atoms with Crippen LogP contribution in [0.25, 0.3) is 0 Å². The summed E-state index contributed by atoms with van der Waals surface area (Å²) >= 11 is 0. The minimum Gasteiger partial charge on any atom is -0.326 e. The van der Waals surface area contributed by atoms with Crippen molar-refractivity contribution in [2.45, 2.75) is 32.2 Å². The Morgan fingerprint density at radius 2 is 2.25 bits per heavy atom. The van der Waals surface area contributed by atoms with E-state index in [-0.39, 0.29) is 24.4 Å². The molecule has 0 radical (unpaired) electrons. The topological polar surface area (TPSA) is 58.4 Å². The molecule has 0 aliphatic carbocycles. The summed E-state index contributed by atoms with van der Waals surface area (Å²) in [7, 11) is 0. The molecule has 0 spiro atoms. The van der Waals surface area contributed by atoms with E-state index in [0.29, 0.717) is 12.5 Å². The van der Waals surface area contributed by atoms with Crippen molar-refractivity contribution in [3.63, 3.8) is 0 Å². The molecular weight excluding hydrogens is 274 g/mol. The van der Waals surface area contributed by atoms with E-state index in [1.54, 1.807) is 0 Å². The normalized spacial score (nSPS) is 18.9. The van der Waals surface area contributed by atoms with Gasteiger partial charge >= 0.3 is 0 Å². The monoisotopic (exact) mass is 297 g/mol. The van der Waals surface area contributed by atoms with Gasteiger partial charge in [0.15, 0.2) is 0 Å². The molecular formula is C15H24ClN3O. The molecule has 1 heterocycles. The van der Waals surface area contributed by atoms with Crippen molar-refractivity contribution in [1.29, 1.82) is 0 Å². The van der Waals surface area contributed by atoms with Gasteiger partial charge in [0, 0.05) is 24.8 Å². The van der Waals surface area contributed by atoms with E-state index in [2.05, 4.69) is 30.1 Å². The van der Waals surface area contributed by atoms with Gasteiger partial charge < -0.3 is 11.1 Å². The van der Waals surface area contributed by atoms with E-state index in [9.17, 15) is 4.79 Å². The van der Waals surface area contributed by atoms with E-state index in [0.717, 1.165) is 25.2 Å². The first-order valence-corrected chi connectivity index (χ1v) is 6.92. The van der Waals surface area contributed by atoms with Gasteiger partial charge in [-0.2, -0.15) is 0 Å². The third-order valence-electron chi connectivity index (χ3n) is 3.51. The maximum Gasteiger partial charge on any atom is 0.238 e. The minimum absolute atomic E-state index is 0. The van der Waals surface area contributed by atoms with E-state index in [4.69, 9.17) is 5.73 Å². The number of anilines is 1. The van der Waals surface area contributed by atoms with Crippen LogP contribution in [0.4, 0.5) is 5.69 Å². The number of benzene rings is 1. The zero-order chi connectivity index (χ0) is 13.8. The van der Waals surface area contributed by atoms with Crippen LogP contribution >= 0.6 is 12.4 Å². The molecule has 1 atom stereocenters. The lowest BCUT2D eigenvalue weighted by molar-refractivity contribution is -0.117. The Hall–Kier alpha value is -1.10. The number of nitrogens with zero attached hydrogens (tertiary/aromatic N) is 1. The van der Waals surface area contributed by atoms with Crippen molar-refractivity contribution in [3.05, 3.63) is 29.8 Å². The lowest BCUT2D eigenvalue weighted by Crippen LogP contribution is -2.33. The Bertz CT molecular complexity index is 450. The fraction of sp³-hybridized carbons (Fsp3) is 0.533. The lowest BCUT2D eigenvalue weighted by atomic mass is 10.0. The average Bonchev–Trinajstić information content (AvgIpc) is 2.74. The smallest absolute Gasteiger partial charge is 0.238 e. The van der Waals surface area contributed by atoms with Gasteiger partial charge in [0.1, 0.15) is 0 Å². The number of halogens is 1. The van der Waals surface area contributed by atoms with Crippen LogP contribution in [0.1, 0.15) is 31.7 Å². The molecule has 4 nitrogen and oxygen atoms in total. The molecule has 1 aromatic carbocycles. The number of amides is 1. The summed E-state index contributed by atoms with van der Waals surface area (Å²) in [6, 6.07) is 8.26. The van der Waals surface area contributed by atoms with Crippen LogP contribution in [-0.2, 0) is 4.79 Å². The second-order valence-corrected chi connectivity index (χ2v) is 5.61. The maximum absolute atomic E-state index is 12.0. The first kappa shape index (κ1) is 17.0. The zero-order valence-corrected chi connectivity index (χ0v) is 13.0. The van der Waals surface area contributed by atoms with Crippen molar-refractivity contribution in [3.8, 4) is 0 Å².